The van der Waals surface area contributed by atoms with Crippen LogP contribution in [0.2, 0.25) is 0 Å². The number of aromatic amines is 1. The lowest BCUT2D eigenvalue weighted by molar-refractivity contribution is -0.125. The van der Waals surface area contributed by atoms with Gasteiger partial charge < -0.3 is 31.4 Å². The molecular formula is C28H36N4O4. The number of likely N-dealkylation sites (N-methyl/N-ethyl adjacent to an activating group) is 1. The minimum Gasteiger partial charge on any atom is -0.504 e. The number of aromatic hydroxyl groups is 2. The Morgan fingerprint density at radius 1 is 1.25 bits per heavy atom. The van der Waals surface area contributed by atoms with E-state index in [0.717, 1.165) is 23.9 Å². The third-order valence-electron chi connectivity index (χ3n) is 7.14. The first-order chi connectivity index (χ1) is 17.4. The van der Waals surface area contributed by atoms with E-state index in [9.17, 15) is 9.90 Å². The number of rotatable bonds is 6. The van der Waals surface area contributed by atoms with Crippen molar-refractivity contribution in [2.24, 2.45) is 11.7 Å². The molecule has 2 heterocycles. The van der Waals surface area contributed by atoms with Crippen LogP contribution in [0, 0.1) is 5.92 Å². The van der Waals surface area contributed by atoms with Gasteiger partial charge in [0, 0.05) is 29.7 Å². The maximum atomic E-state index is 12.7. The highest BCUT2D eigenvalue weighted by Gasteiger charge is 2.35. The van der Waals surface area contributed by atoms with Crippen molar-refractivity contribution in [1.82, 2.24) is 15.2 Å². The van der Waals surface area contributed by atoms with E-state index in [4.69, 9.17) is 15.9 Å². The van der Waals surface area contributed by atoms with E-state index in [1.807, 2.05) is 6.92 Å². The smallest absolute Gasteiger partial charge is 0.228 e. The van der Waals surface area contributed by atoms with Gasteiger partial charge in [0.05, 0.1) is 18.6 Å². The van der Waals surface area contributed by atoms with Crippen molar-refractivity contribution < 1.29 is 20.1 Å². The molecule has 1 aromatic heterocycles. The first-order valence-corrected chi connectivity index (χ1v) is 12.5. The van der Waals surface area contributed by atoms with Gasteiger partial charge >= 0.3 is 0 Å². The summed E-state index contributed by atoms with van der Waals surface area (Å²) in [6, 6.07) is 11.2. The number of nitrogens with two attached hydrogens (primary N) is 1. The van der Waals surface area contributed by atoms with E-state index in [0.29, 0.717) is 25.6 Å². The molecule has 1 aliphatic heterocycles. The molecule has 5 rings (SSSR count). The van der Waals surface area contributed by atoms with Crippen LogP contribution < -0.4 is 11.1 Å². The van der Waals surface area contributed by atoms with Gasteiger partial charge in [0.1, 0.15) is 0 Å². The normalized spacial score (nSPS) is 19.6. The molecule has 3 aromatic rings. The molecule has 192 valence electrons. The number of amides is 1. The summed E-state index contributed by atoms with van der Waals surface area (Å²) in [5, 5.41) is 31.6. The van der Waals surface area contributed by atoms with Crippen LogP contribution in [0.25, 0.3) is 16.5 Å². The summed E-state index contributed by atoms with van der Waals surface area (Å²) in [5.41, 5.74) is 11.2. The molecule has 3 atom stereocenters. The lowest BCUT2D eigenvalue weighted by Gasteiger charge is -2.39. The van der Waals surface area contributed by atoms with Gasteiger partial charge in [0.2, 0.25) is 5.91 Å². The van der Waals surface area contributed by atoms with Crippen molar-refractivity contribution in [2.45, 2.75) is 38.3 Å². The summed E-state index contributed by atoms with van der Waals surface area (Å²) in [5.74, 6) is -0.361. The van der Waals surface area contributed by atoms with Crippen molar-refractivity contribution in [3.05, 3.63) is 65.4 Å². The Morgan fingerprint density at radius 3 is 2.75 bits per heavy atom. The first kappa shape index (κ1) is 25.8. The number of benzene rings is 2. The molecule has 7 N–H and O–H groups in total. The van der Waals surface area contributed by atoms with Crippen LogP contribution >= 0.6 is 0 Å². The minimum atomic E-state index is -0.187. The first-order valence-electron chi connectivity index (χ1n) is 12.5. The average molecular weight is 493 g/mol. The van der Waals surface area contributed by atoms with Crippen LogP contribution in [-0.4, -0.2) is 69.9 Å². The van der Waals surface area contributed by atoms with Crippen LogP contribution in [0.1, 0.15) is 30.0 Å². The molecule has 0 bridgehead atoms. The molecule has 0 unspecified atom stereocenters. The van der Waals surface area contributed by atoms with Crippen LogP contribution in [0.15, 0.2) is 48.7 Å². The van der Waals surface area contributed by atoms with E-state index in [-0.39, 0.29) is 36.0 Å². The Hall–Kier alpha value is -3.33. The predicted molar refractivity (Wildman–Crippen MR) is 142 cm³/mol. The van der Waals surface area contributed by atoms with Gasteiger partial charge in [-0.3, -0.25) is 9.69 Å². The Morgan fingerprint density at radius 2 is 2.06 bits per heavy atom. The van der Waals surface area contributed by atoms with Crippen molar-refractivity contribution in [1.29, 1.82) is 0 Å². The van der Waals surface area contributed by atoms with Crippen LogP contribution in [-0.2, 0) is 17.6 Å². The molecule has 1 aliphatic carbocycles. The highest BCUT2D eigenvalue weighted by Crippen LogP contribution is 2.40. The Kier molecular flexibility index (Phi) is 7.98. The number of carbonyl (C=O) groups is 1. The second kappa shape index (κ2) is 11.2. The van der Waals surface area contributed by atoms with Gasteiger partial charge in [-0.15, -0.1) is 0 Å². The second-order valence-electron chi connectivity index (χ2n) is 9.59. The van der Waals surface area contributed by atoms with Gasteiger partial charge in [-0.1, -0.05) is 31.2 Å². The quantitative estimate of drug-likeness (QED) is 0.293. The number of aromatic nitrogens is 1. The van der Waals surface area contributed by atoms with Gasteiger partial charge in [-0.25, -0.2) is 0 Å². The number of phenolic OH excluding ortho intramolecular Hbond substituents is 2. The zero-order valence-corrected chi connectivity index (χ0v) is 20.9. The van der Waals surface area contributed by atoms with E-state index < -0.39 is 0 Å². The SMILES string of the molecule is CC[C@@H](CO)NC(=O)[C@@H]1C=C2c3cccc4[nH]cc(c34)C[C@H]2N(C)C1.NCCc1ccc(O)c(O)c1. The monoisotopic (exact) mass is 492 g/mol. The van der Waals surface area contributed by atoms with Crippen LogP contribution in [0.3, 0.4) is 0 Å². The lowest BCUT2D eigenvalue weighted by atomic mass is 9.80. The van der Waals surface area contributed by atoms with E-state index in [1.165, 1.54) is 34.2 Å². The molecule has 0 radical (unpaired) electrons. The maximum Gasteiger partial charge on any atom is 0.228 e. The zero-order valence-electron chi connectivity index (χ0n) is 20.9. The van der Waals surface area contributed by atoms with E-state index >= 15 is 0 Å². The fourth-order valence-electron chi connectivity index (χ4n) is 5.09. The summed E-state index contributed by atoms with van der Waals surface area (Å²) in [6.45, 7) is 3.20. The lowest BCUT2D eigenvalue weighted by Crippen LogP contribution is -2.48. The van der Waals surface area contributed by atoms with E-state index in [2.05, 4.69) is 52.7 Å². The van der Waals surface area contributed by atoms with Gasteiger partial charge in [-0.2, -0.15) is 0 Å². The molecule has 0 spiro atoms. The molecule has 1 amide bonds. The number of nitrogens with one attached hydrogen (secondary N) is 2. The molecule has 0 saturated heterocycles. The Labute approximate surface area is 211 Å². The Balaban J connectivity index is 0.000000233. The van der Waals surface area contributed by atoms with Crippen molar-refractivity contribution in [2.75, 3.05) is 26.7 Å². The van der Waals surface area contributed by atoms with Crippen LogP contribution in [0.4, 0.5) is 0 Å². The van der Waals surface area contributed by atoms with Crippen molar-refractivity contribution in [3.8, 4) is 11.5 Å². The fourth-order valence-corrected chi connectivity index (χ4v) is 5.09. The third kappa shape index (κ3) is 5.26. The third-order valence-corrected chi connectivity index (χ3v) is 7.14. The molecule has 0 saturated carbocycles. The minimum absolute atomic E-state index is 0.00532. The molecular weight excluding hydrogens is 456 g/mol. The number of hydrogen-bond donors (Lipinski definition) is 6. The molecule has 2 aromatic carbocycles. The summed E-state index contributed by atoms with van der Waals surface area (Å²) >= 11 is 0. The Bertz CT molecular complexity index is 1250. The number of fused-ring (bicyclic) bond motifs is 2. The molecule has 36 heavy (non-hydrogen) atoms. The number of nitrogens with zero attached hydrogens (tertiary/aromatic N) is 1. The topological polar surface area (TPSA) is 135 Å². The number of phenols is 2. The standard InChI is InChI=1S/C20H25N3O2.C8H11NO2/c1-3-14(11-24)22-20(25)13-7-16-15-5-4-6-17-19(15)12(9-21-17)8-18(16)23(2)10-13;9-4-3-6-1-2-7(10)8(11)5-6/h4-7,9,13-14,18,21,24H,3,8,10-11H2,1-2H3,(H,22,25);1-2,5,10-11H,3-4,9H2/t13-,14+,18-;/m1./s1. The molecule has 8 nitrogen and oxygen atoms in total. The predicted octanol–water partition coefficient (Wildman–Crippen LogP) is 2.52. The number of carbonyl (C=O) groups excluding carboxylic acids is 1. The highest BCUT2D eigenvalue weighted by atomic mass is 16.3. The van der Waals surface area contributed by atoms with E-state index in [1.54, 1.807) is 6.07 Å². The molecule has 8 heteroatoms. The summed E-state index contributed by atoms with van der Waals surface area (Å²) < 4.78 is 0. The zero-order chi connectivity index (χ0) is 25.8. The number of hydrogen-bond acceptors (Lipinski definition) is 6. The summed E-state index contributed by atoms with van der Waals surface area (Å²) in [4.78, 5) is 18.3. The largest absolute Gasteiger partial charge is 0.504 e. The van der Waals surface area contributed by atoms with Gasteiger partial charge in [0.25, 0.3) is 0 Å². The molecule has 2 aliphatic rings. The summed E-state index contributed by atoms with van der Waals surface area (Å²) in [6.07, 6.45) is 6.69. The second-order valence-corrected chi connectivity index (χ2v) is 9.59. The highest BCUT2D eigenvalue weighted by molar-refractivity contribution is 5.99. The summed E-state index contributed by atoms with van der Waals surface area (Å²) in [7, 11) is 2.10. The van der Waals surface area contributed by atoms with Crippen molar-refractivity contribution in [3.63, 3.8) is 0 Å². The van der Waals surface area contributed by atoms with Gasteiger partial charge in [0.15, 0.2) is 11.5 Å². The molecule has 0 fully saturated rings. The van der Waals surface area contributed by atoms with Crippen LogP contribution in [0.5, 0.6) is 11.5 Å². The maximum absolute atomic E-state index is 12.7. The number of aliphatic hydroxyl groups is 1. The number of aliphatic hydroxyl groups excluding tert-OH is 1. The van der Waals surface area contributed by atoms with Crippen molar-refractivity contribution >= 4 is 22.4 Å². The van der Waals surface area contributed by atoms with Gasteiger partial charge in [-0.05, 0) is 73.3 Å². The fraction of sp³-hybridized carbons (Fsp3) is 0.393. The number of H-pyrrole nitrogens is 1. The average Bonchev–Trinajstić information content (AvgIpc) is 3.30.